The molecule has 3 rings (SSSR count). The van der Waals surface area contributed by atoms with Crippen LogP contribution in [0.1, 0.15) is 24.0 Å². The monoisotopic (exact) mass is 369 g/mol. The molecule has 2 aromatic carbocycles. The molecule has 0 radical (unpaired) electrons. The van der Waals surface area contributed by atoms with Crippen molar-refractivity contribution in [3.05, 3.63) is 74.3 Å². The zero-order valence-corrected chi connectivity index (χ0v) is 14.8. The molecule has 0 aliphatic rings. The molecule has 0 saturated heterocycles. The van der Waals surface area contributed by atoms with Crippen LogP contribution in [0.15, 0.2) is 51.7 Å². The summed E-state index contributed by atoms with van der Waals surface area (Å²) >= 11 is 0. The summed E-state index contributed by atoms with van der Waals surface area (Å²) in [4.78, 5) is 34.2. The van der Waals surface area contributed by atoms with Gasteiger partial charge in [0.1, 0.15) is 0 Å². The van der Waals surface area contributed by atoms with E-state index in [9.17, 15) is 19.7 Å². The van der Waals surface area contributed by atoms with Crippen molar-refractivity contribution in [2.24, 2.45) is 0 Å². The molecule has 0 aliphatic carbocycles. The number of benzene rings is 2. The molecule has 0 fully saturated rings. The fraction of sp³-hybridized carbons (Fsp3) is 0.263. The number of nitro groups is 1. The number of non-ortho nitro benzene ring substituents is 1. The Morgan fingerprint density at radius 1 is 1.26 bits per heavy atom. The minimum atomic E-state index is -0.592. The topological polar surface area (TPSA) is 107 Å². The molecule has 0 spiro atoms. The molecule has 0 saturated carbocycles. The third-order valence-electron chi connectivity index (χ3n) is 4.22. The van der Waals surface area contributed by atoms with Crippen molar-refractivity contribution in [2.45, 2.75) is 32.9 Å². The van der Waals surface area contributed by atoms with E-state index in [-0.39, 0.29) is 23.6 Å². The maximum absolute atomic E-state index is 12.0. The van der Waals surface area contributed by atoms with E-state index in [4.69, 9.17) is 4.42 Å². The summed E-state index contributed by atoms with van der Waals surface area (Å²) < 4.78 is 6.45. The lowest BCUT2D eigenvalue weighted by Crippen LogP contribution is -2.23. The number of hydrogen-bond acceptors (Lipinski definition) is 5. The number of aromatic nitrogens is 1. The van der Waals surface area contributed by atoms with Crippen LogP contribution in [0, 0.1) is 17.0 Å². The quantitative estimate of drug-likeness (QED) is 0.509. The Labute approximate surface area is 154 Å². The second-order valence-corrected chi connectivity index (χ2v) is 6.30. The third kappa shape index (κ3) is 4.41. The molecular formula is C19H19N3O5. The smallest absolute Gasteiger partial charge is 0.407 e. The highest BCUT2D eigenvalue weighted by Crippen LogP contribution is 2.20. The summed E-state index contributed by atoms with van der Waals surface area (Å²) in [5.74, 6) is -0.696. The van der Waals surface area contributed by atoms with Crippen LogP contribution < -0.4 is 11.1 Å². The average molecular weight is 369 g/mol. The van der Waals surface area contributed by atoms with E-state index in [1.54, 1.807) is 0 Å². The van der Waals surface area contributed by atoms with Crippen molar-refractivity contribution in [3.8, 4) is 0 Å². The molecule has 0 bridgehead atoms. The maximum atomic E-state index is 12.0. The van der Waals surface area contributed by atoms with Gasteiger partial charge in [-0.1, -0.05) is 29.8 Å². The van der Waals surface area contributed by atoms with Gasteiger partial charge in [0.25, 0.3) is 5.69 Å². The second kappa shape index (κ2) is 7.86. The van der Waals surface area contributed by atoms with Crippen LogP contribution in [-0.2, 0) is 17.9 Å². The van der Waals surface area contributed by atoms with Crippen LogP contribution in [0.2, 0.25) is 0 Å². The van der Waals surface area contributed by atoms with E-state index in [2.05, 4.69) is 5.32 Å². The molecule has 0 atom stereocenters. The first-order chi connectivity index (χ1) is 12.9. The van der Waals surface area contributed by atoms with E-state index in [1.807, 2.05) is 31.2 Å². The number of nitrogens with zero attached hydrogens (tertiary/aromatic N) is 2. The lowest BCUT2D eigenvalue weighted by molar-refractivity contribution is -0.384. The second-order valence-electron chi connectivity index (χ2n) is 6.30. The fourth-order valence-corrected chi connectivity index (χ4v) is 2.89. The number of aryl methyl sites for hydroxylation is 2. The van der Waals surface area contributed by atoms with Gasteiger partial charge in [0.2, 0.25) is 5.91 Å². The number of fused-ring (bicyclic) bond motifs is 1. The summed E-state index contributed by atoms with van der Waals surface area (Å²) in [6.45, 7) is 2.74. The third-order valence-corrected chi connectivity index (χ3v) is 4.22. The van der Waals surface area contributed by atoms with Crippen LogP contribution in [0.5, 0.6) is 0 Å². The Balaban J connectivity index is 1.57. The summed E-state index contributed by atoms with van der Waals surface area (Å²) in [7, 11) is 0. The van der Waals surface area contributed by atoms with Gasteiger partial charge in [0.05, 0.1) is 16.5 Å². The normalized spacial score (nSPS) is 10.9. The molecule has 0 aliphatic heterocycles. The van der Waals surface area contributed by atoms with Crippen molar-refractivity contribution in [3.63, 3.8) is 0 Å². The van der Waals surface area contributed by atoms with E-state index < -0.39 is 10.7 Å². The molecule has 3 aromatic rings. The number of nitrogens with one attached hydrogen (secondary N) is 1. The van der Waals surface area contributed by atoms with E-state index in [0.29, 0.717) is 25.0 Å². The molecule has 1 amide bonds. The fourth-order valence-electron chi connectivity index (χ4n) is 2.89. The maximum Gasteiger partial charge on any atom is 0.419 e. The van der Waals surface area contributed by atoms with Crippen molar-refractivity contribution in [1.29, 1.82) is 0 Å². The largest absolute Gasteiger partial charge is 0.419 e. The number of nitro benzene ring substituents is 1. The van der Waals surface area contributed by atoms with Crippen LogP contribution in [0.25, 0.3) is 11.1 Å². The molecule has 140 valence electrons. The number of rotatable bonds is 7. The van der Waals surface area contributed by atoms with Crippen LogP contribution in [0.4, 0.5) is 5.69 Å². The number of hydrogen-bond donors (Lipinski definition) is 1. The summed E-state index contributed by atoms with van der Waals surface area (Å²) in [6.07, 6.45) is 0.711. The van der Waals surface area contributed by atoms with Gasteiger partial charge < -0.3 is 9.73 Å². The molecular weight excluding hydrogens is 350 g/mol. The Kier molecular flexibility index (Phi) is 5.35. The molecule has 8 nitrogen and oxygen atoms in total. The minimum Gasteiger partial charge on any atom is -0.407 e. The molecule has 1 N–H and O–H groups in total. The Morgan fingerprint density at radius 2 is 2.07 bits per heavy atom. The molecule has 27 heavy (non-hydrogen) atoms. The van der Waals surface area contributed by atoms with Crippen molar-refractivity contribution >= 4 is 22.7 Å². The first-order valence-electron chi connectivity index (χ1n) is 8.54. The first-order valence-corrected chi connectivity index (χ1v) is 8.54. The molecule has 1 aromatic heterocycles. The highest BCUT2D eigenvalue weighted by atomic mass is 16.6. The van der Waals surface area contributed by atoms with E-state index in [1.165, 1.54) is 22.8 Å². The zero-order chi connectivity index (χ0) is 19.4. The molecule has 8 heteroatoms. The standard InChI is InChI=1S/C19H19N3O5/c1-13-4-2-5-14(10-13)12-20-18(23)6-3-9-21-16-8-7-15(22(25)26)11-17(16)27-19(21)24/h2,4-5,7-8,10-11H,3,6,9,12H2,1H3,(H,20,23). The first kappa shape index (κ1) is 18.4. The SMILES string of the molecule is Cc1cccc(CNC(=O)CCCn2c(=O)oc3cc([N+](=O)[O-])ccc32)c1. The Hall–Kier alpha value is -3.42. The van der Waals surface area contributed by atoms with E-state index >= 15 is 0 Å². The lowest BCUT2D eigenvalue weighted by atomic mass is 10.1. The van der Waals surface area contributed by atoms with E-state index in [0.717, 1.165) is 11.1 Å². The number of oxazole rings is 1. The van der Waals surface area contributed by atoms with Gasteiger partial charge in [-0.15, -0.1) is 0 Å². The number of carbonyl (C=O) groups excluding carboxylic acids is 1. The van der Waals surface area contributed by atoms with Crippen molar-refractivity contribution < 1.29 is 14.1 Å². The predicted molar refractivity (Wildman–Crippen MR) is 99.4 cm³/mol. The summed E-state index contributed by atoms with van der Waals surface area (Å²) in [5.41, 5.74) is 2.66. The zero-order valence-electron chi connectivity index (χ0n) is 14.8. The van der Waals surface area contributed by atoms with Gasteiger partial charge in [-0.3, -0.25) is 19.5 Å². The van der Waals surface area contributed by atoms with Crippen LogP contribution >= 0.6 is 0 Å². The van der Waals surface area contributed by atoms with Gasteiger partial charge in [0.15, 0.2) is 5.58 Å². The minimum absolute atomic E-state index is 0.104. The van der Waals surface area contributed by atoms with Gasteiger partial charge in [-0.05, 0) is 25.0 Å². The average Bonchev–Trinajstić information content (AvgIpc) is 2.94. The number of amides is 1. The summed E-state index contributed by atoms with van der Waals surface area (Å²) in [5, 5.41) is 13.7. The van der Waals surface area contributed by atoms with Crippen molar-refractivity contribution in [1.82, 2.24) is 9.88 Å². The van der Waals surface area contributed by atoms with Crippen LogP contribution in [0.3, 0.4) is 0 Å². The highest BCUT2D eigenvalue weighted by molar-refractivity contribution is 5.76. The van der Waals surface area contributed by atoms with Gasteiger partial charge in [-0.25, -0.2) is 4.79 Å². The predicted octanol–water partition coefficient (Wildman–Crippen LogP) is 2.91. The van der Waals surface area contributed by atoms with Gasteiger partial charge >= 0.3 is 5.76 Å². The Morgan fingerprint density at radius 3 is 2.81 bits per heavy atom. The van der Waals surface area contributed by atoms with Gasteiger partial charge in [-0.2, -0.15) is 0 Å². The lowest BCUT2D eigenvalue weighted by Gasteiger charge is -2.06. The van der Waals surface area contributed by atoms with Crippen molar-refractivity contribution in [2.75, 3.05) is 0 Å². The highest BCUT2D eigenvalue weighted by Gasteiger charge is 2.14. The molecule has 1 heterocycles. The Bertz CT molecular complexity index is 1050. The summed E-state index contributed by atoms with van der Waals surface area (Å²) in [6, 6.07) is 11.9. The molecule has 0 unspecified atom stereocenters. The van der Waals surface area contributed by atoms with Crippen LogP contribution in [-0.4, -0.2) is 15.4 Å². The van der Waals surface area contributed by atoms with Gasteiger partial charge in [0, 0.05) is 25.6 Å². The number of carbonyl (C=O) groups is 1.